The van der Waals surface area contributed by atoms with Gasteiger partial charge in [-0.1, -0.05) is 44.2 Å². The highest BCUT2D eigenvalue weighted by atomic mass is 16.2. The molecule has 1 heterocycles. The average Bonchev–Trinajstić information content (AvgIpc) is 2.68. The van der Waals surface area contributed by atoms with Crippen molar-refractivity contribution >= 4 is 5.91 Å². The van der Waals surface area contributed by atoms with E-state index in [0.717, 1.165) is 6.42 Å². The molecule has 1 aromatic rings. The van der Waals surface area contributed by atoms with E-state index in [1.165, 1.54) is 24.8 Å². The molecule has 20 heavy (non-hydrogen) atoms. The molecule has 0 spiro atoms. The van der Waals surface area contributed by atoms with Gasteiger partial charge in [0.1, 0.15) is 0 Å². The monoisotopic (exact) mass is 272 g/mol. The minimum absolute atomic E-state index is 0.0506. The Morgan fingerprint density at radius 3 is 2.50 bits per heavy atom. The van der Waals surface area contributed by atoms with E-state index in [4.69, 9.17) is 0 Å². The van der Waals surface area contributed by atoms with Gasteiger partial charge in [0.05, 0.1) is 12.2 Å². The lowest BCUT2D eigenvalue weighted by molar-refractivity contribution is -0.134. The van der Waals surface area contributed by atoms with E-state index >= 15 is 0 Å². The summed E-state index contributed by atoms with van der Waals surface area (Å²) in [4.78, 5) is 14.9. The van der Waals surface area contributed by atoms with Gasteiger partial charge in [-0.3, -0.25) is 10.1 Å². The standard InChI is InChI=1S/C17H24N2O/c1-12(2)16-18-15(11-13-7-4-3-5-8-13)17(20)19(16)14-9-6-10-14/h3-5,7-8,12,14-16,18H,6,9-11H2,1-2H3. The molecule has 1 saturated carbocycles. The Hall–Kier alpha value is -1.35. The second kappa shape index (κ2) is 5.57. The van der Waals surface area contributed by atoms with Crippen molar-refractivity contribution in [3.8, 4) is 0 Å². The zero-order valence-electron chi connectivity index (χ0n) is 12.4. The molecule has 1 aliphatic carbocycles. The van der Waals surface area contributed by atoms with Crippen LogP contribution < -0.4 is 5.32 Å². The summed E-state index contributed by atoms with van der Waals surface area (Å²) in [5.41, 5.74) is 1.23. The van der Waals surface area contributed by atoms with Crippen molar-refractivity contribution in [1.82, 2.24) is 10.2 Å². The van der Waals surface area contributed by atoms with E-state index in [2.05, 4.69) is 36.2 Å². The van der Waals surface area contributed by atoms with Crippen LogP contribution in [0, 0.1) is 5.92 Å². The maximum atomic E-state index is 12.7. The van der Waals surface area contributed by atoms with Gasteiger partial charge >= 0.3 is 0 Å². The van der Waals surface area contributed by atoms with E-state index in [1.807, 2.05) is 18.2 Å². The van der Waals surface area contributed by atoms with Crippen molar-refractivity contribution in [2.75, 3.05) is 0 Å². The lowest BCUT2D eigenvalue weighted by Gasteiger charge is -2.39. The molecule has 3 nitrogen and oxygen atoms in total. The van der Waals surface area contributed by atoms with Crippen LogP contribution in [0.3, 0.4) is 0 Å². The highest BCUT2D eigenvalue weighted by molar-refractivity contribution is 5.85. The van der Waals surface area contributed by atoms with E-state index in [0.29, 0.717) is 17.9 Å². The number of carbonyl (C=O) groups is 1. The third kappa shape index (κ3) is 2.47. The fourth-order valence-electron chi connectivity index (χ4n) is 3.26. The number of rotatable bonds is 4. The van der Waals surface area contributed by atoms with Gasteiger partial charge < -0.3 is 4.90 Å². The maximum absolute atomic E-state index is 12.7. The predicted molar refractivity (Wildman–Crippen MR) is 80.2 cm³/mol. The molecule has 0 bridgehead atoms. The molecule has 108 valence electrons. The summed E-state index contributed by atoms with van der Waals surface area (Å²) in [6.07, 6.45) is 4.62. The summed E-state index contributed by atoms with van der Waals surface area (Å²) in [6.45, 7) is 4.39. The zero-order valence-corrected chi connectivity index (χ0v) is 12.4. The summed E-state index contributed by atoms with van der Waals surface area (Å²) >= 11 is 0. The Bertz CT molecular complexity index is 467. The van der Waals surface area contributed by atoms with Crippen LogP contribution in [0.15, 0.2) is 30.3 Å². The SMILES string of the molecule is CC(C)C1NC(Cc2ccccc2)C(=O)N1C1CCC1. The Morgan fingerprint density at radius 1 is 1.25 bits per heavy atom. The molecule has 2 aliphatic rings. The number of nitrogens with one attached hydrogen (secondary N) is 1. The summed E-state index contributed by atoms with van der Waals surface area (Å²) in [5, 5.41) is 3.56. The van der Waals surface area contributed by atoms with Crippen LogP contribution >= 0.6 is 0 Å². The van der Waals surface area contributed by atoms with E-state index < -0.39 is 0 Å². The van der Waals surface area contributed by atoms with Gasteiger partial charge in [-0.15, -0.1) is 0 Å². The van der Waals surface area contributed by atoms with Gasteiger partial charge in [0.15, 0.2) is 0 Å². The van der Waals surface area contributed by atoms with Gasteiger partial charge in [-0.05, 0) is 37.2 Å². The fourth-order valence-corrected chi connectivity index (χ4v) is 3.26. The first-order chi connectivity index (χ1) is 9.66. The molecular formula is C17H24N2O. The molecule has 2 atom stereocenters. The molecule has 1 saturated heterocycles. The van der Waals surface area contributed by atoms with Crippen LogP contribution in [0.2, 0.25) is 0 Å². The van der Waals surface area contributed by atoms with Crippen molar-refractivity contribution in [2.24, 2.45) is 5.92 Å². The number of benzene rings is 1. The van der Waals surface area contributed by atoms with Crippen molar-refractivity contribution < 1.29 is 4.79 Å². The third-order valence-corrected chi connectivity index (χ3v) is 4.61. The molecule has 3 heteroatoms. The Morgan fingerprint density at radius 2 is 1.95 bits per heavy atom. The highest BCUT2D eigenvalue weighted by Gasteiger charge is 2.44. The van der Waals surface area contributed by atoms with Crippen LogP contribution in [-0.4, -0.2) is 29.1 Å². The maximum Gasteiger partial charge on any atom is 0.241 e. The Balaban J connectivity index is 1.75. The molecule has 3 rings (SSSR count). The second-order valence-corrected chi connectivity index (χ2v) is 6.43. The zero-order chi connectivity index (χ0) is 14.1. The van der Waals surface area contributed by atoms with Crippen molar-refractivity contribution in [1.29, 1.82) is 0 Å². The van der Waals surface area contributed by atoms with E-state index in [-0.39, 0.29) is 12.2 Å². The molecule has 0 radical (unpaired) electrons. The van der Waals surface area contributed by atoms with Crippen LogP contribution in [0.1, 0.15) is 38.7 Å². The van der Waals surface area contributed by atoms with Crippen molar-refractivity contribution in [2.45, 2.75) is 57.8 Å². The molecular weight excluding hydrogens is 248 g/mol. The summed E-state index contributed by atoms with van der Waals surface area (Å²) < 4.78 is 0. The minimum Gasteiger partial charge on any atom is -0.323 e. The first kappa shape index (κ1) is 13.6. The number of carbonyl (C=O) groups excluding carboxylic acids is 1. The second-order valence-electron chi connectivity index (χ2n) is 6.43. The Labute approximate surface area is 121 Å². The quantitative estimate of drug-likeness (QED) is 0.913. The molecule has 1 amide bonds. The summed E-state index contributed by atoms with van der Waals surface area (Å²) in [7, 11) is 0. The topological polar surface area (TPSA) is 32.3 Å². The molecule has 2 fully saturated rings. The summed E-state index contributed by atoms with van der Waals surface area (Å²) in [6, 6.07) is 10.7. The van der Waals surface area contributed by atoms with E-state index in [9.17, 15) is 4.79 Å². The minimum atomic E-state index is -0.0506. The molecule has 1 aromatic carbocycles. The largest absolute Gasteiger partial charge is 0.323 e. The Kier molecular flexibility index (Phi) is 3.79. The van der Waals surface area contributed by atoms with Crippen LogP contribution in [0.25, 0.3) is 0 Å². The van der Waals surface area contributed by atoms with Crippen molar-refractivity contribution in [3.63, 3.8) is 0 Å². The first-order valence-electron chi connectivity index (χ1n) is 7.79. The predicted octanol–water partition coefficient (Wildman–Crippen LogP) is 2.56. The van der Waals surface area contributed by atoms with Gasteiger partial charge in [-0.25, -0.2) is 0 Å². The number of amides is 1. The van der Waals surface area contributed by atoms with Gasteiger partial charge in [0.2, 0.25) is 5.91 Å². The normalized spacial score (nSPS) is 27.1. The fraction of sp³-hybridized carbons (Fsp3) is 0.588. The van der Waals surface area contributed by atoms with Crippen LogP contribution in [0.4, 0.5) is 0 Å². The third-order valence-electron chi connectivity index (χ3n) is 4.61. The van der Waals surface area contributed by atoms with E-state index in [1.54, 1.807) is 0 Å². The number of nitrogens with zero attached hydrogens (tertiary/aromatic N) is 1. The molecule has 0 aromatic heterocycles. The van der Waals surface area contributed by atoms with Crippen LogP contribution in [0.5, 0.6) is 0 Å². The molecule has 1 N–H and O–H groups in total. The lowest BCUT2D eigenvalue weighted by atomic mass is 9.90. The lowest BCUT2D eigenvalue weighted by Crippen LogP contribution is -2.50. The van der Waals surface area contributed by atoms with Gasteiger partial charge in [-0.2, -0.15) is 0 Å². The van der Waals surface area contributed by atoms with Gasteiger partial charge in [0.25, 0.3) is 0 Å². The van der Waals surface area contributed by atoms with Crippen LogP contribution in [-0.2, 0) is 11.2 Å². The van der Waals surface area contributed by atoms with Crippen molar-refractivity contribution in [3.05, 3.63) is 35.9 Å². The first-order valence-corrected chi connectivity index (χ1v) is 7.79. The smallest absolute Gasteiger partial charge is 0.241 e. The number of hydrogen-bond acceptors (Lipinski definition) is 2. The molecule has 2 unspecified atom stereocenters. The number of hydrogen-bond donors (Lipinski definition) is 1. The highest BCUT2D eigenvalue weighted by Crippen LogP contribution is 2.32. The van der Waals surface area contributed by atoms with Gasteiger partial charge in [0, 0.05) is 6.04 Å². The summed E-state index contributed by atoms with van der Waals surface area (Å²) in [5.74, 6) is 0.762. The molecule has 1 aliphatic heterocycles. The average molecular weight is 272 g/mol.